The molecule has 4 aromatic rings. The highest BCUT2D eigenvalue weighted by Crippen LogP contribution is 2.46. The molecule has 0 radical (unpaired) electrons. The van der Waals surface area contributed by atoms with Crippen LogP contribution in [0.1, 0.15) is 105 Å². The Hall–Kier alpha value is -4.10. The van der Waals surface area contributed by atoms with Crippen molar-refractivity contribution in [1.29, 1.82) is 0 Å². The third-order valence-corrected chi connectivity index (χ3v) is 9.45. The Morgan fingerprint density at radius 1 is 0.929 bits per heavy atom. The van der Waals surface area contributed by atoms with Crippen LogP contribution in [0.15, 0.2) is 71.4 Å². The number of carbonyl (C=O) groups excluding carboxylic acids is 2. The first-order valence-electron chi connectivity index (χ1n) is 14.4. The minimum Gasteiger partial charge on any atom is -0.506 e. The van der Waals surface area contributed by atoms with Gasteiger partial charge < -0.3 is 20.3 Å². The predicted octanol–water partition coefficient (Wildman–Crippen LogP) is 7.16. The van der Waals surface area contributed by atoms with Crippen molar-refractivity contribution in [3.05, 3.63) is 117 Å². The fourth-order valence-corrected chi connectivity index (χ4v) is 6.88. The fourth-order valence-electron chi connectivity index (χ4n) is 6.71. The van der Waals surface area contributed by atoms with Crippen LogP contribution < -0.4 is 10.6 Å². The molecule has 1 heterocycles. The molecule has 7 nitrogen and oxygen atoms in total. The average molecular weight is 584 g/mol. The molecule has 3 aromatic carbocycles. The molecule has 1 aromatic heterocycles. The Labute approximate surface area is 250 Å². The first-order valence-corrected chi connectivity index (χ1v) is 14.8. The first-order chi connectivity index (χ1) is 20.2. The molecule has 0 saturated heterocycles. The van der Waals surface area contributed by atoms with Crippen molar-refractivity contribution in [2.45, 2.75) is 64.0 Å². The van der Waals surface area contributed by atoms with E-state index in [9.17, 15) is 14.7 Å². The summed E-state index contributed by atoms with van der Waals surface area (Å²) in [6.45, 7) is 6.17. The van der Waals surface area contributed by atoms with Gasteiger partial charge in [-0.05, 0) is 83.9 Å². The summed E-state index contributed by atoms with van der Waals surface area (Å²) in [6.07, 6.45) is 3.98. The van der Waals surface area contributed by atoms with Crippen LogP contribution in [0.5, 0.6) is 5.75 Å². The van der Waals surface area contributed by atoms with E-state index in [0.29, 0.717) is 17.2 Å². The van der Waals surface area contributed by atoms with Crippen molar-refractivity contribution in [3.63, 3.8) is 0 Å². The van der Waals surface area contributed by atoms with E-state index >= 15 is 0 Å². The Kier molecular flexibility index (Phi) is 7.54. The minimum atomic E-state index is -0.349. The van der Waals surface area contributed by atoms with E-state index in [-0.39, 0.29) is 52.1 Å². The van der Waals surface area contributed by atoms with Crippen molar-refractivity contribution in [3.8, 4) is 5.75 Å². The van der Waals surface area contributed by atoms with Gasteiger partial charge in [0.15, 0.2) is 0 Å². The standard InChI is InChI=1S/C34H34ClN3O4/c1-18-11-14-30(36-33(40)25-9-6-10-29(35)32(25)39)27-16-22(12-13-23(18)27)26-15-21-7-4-5-8-24(21)31(19(26)2)37-34(41)28-17-42-38-20(28)3/h4-10,12-13,16-19,26,30-31,39H,11,14-15H2,1-3H3,(H,36,40)(H,37,41). The zero-order chi connectivity index (χ0) is 29.5. The maximum absolute atomic E-state index is 13.3. The van der Waals surface area contributed by atoms with Gasteiger partial charge in [0.05, 0.1) is 28.4 Å². The van der Waals surface area contributed by atoms with Gasteiger partial charge in [-0.15, -0.1) is 0 Å². The number of aromatic nitrogens is 1. The number of phenolic OH excluding ortho intramolecular Hbond substituents is 1. The summed E-state index contributed by atoms with van der Waals surface area (Å²) in [5.74, 6) is -0.154. The zero-order valence-electron chi connectivity index (χ0n) is 23.9. The molecule has 5 atom stereocenters. The van der Waals surface area contributed by atoms with E-state index in [4.69, 9.17) is 16.1 Å². The lowest BCUT2D eigenvalue weighted by molar-refractivity contribution is 0.0911. The molecule has 2 amide bonds. The normalized spacial score (nSPS) is 23.0. The lowest BCUT2D eigenvalue weighted by Crippen LogP contribution is -2.39. The predicted molar refractivity (Wildman–Crippen MR) is 161 cm³/mol. The third kappa shape index (κ3) is 5.07. The Morgan fingerprint density at radius 3 is 2.50 bits per heavy atom. The van der Waals surface area contributed by atoms with E-state index in [1.165, 1.54) is 23.0 Å². The average Bonchev–Trinajstić information content (AvgIpc) is 3.43. The lowest BCUT2D eigenvalue weighted by Gasteiger charge is -2.39. The molecule has 2 aliphatic carbocycles. The molecule has 0 saturated carbocycles. The Morgan fingerprint density at radius 2 is 1.71 bits per heavy atom. The number of rotatable bonds is 5. The third-order valence-electron chi connectivity index (χ3n) is 9.14. The van der Waals surface area contributed by atoms with Crippen molar-refractivity contribution in [1.82, 2.24) is 15.8 Å². The van der Waals surface area contributed by atoms with E-state index in [1.54, 1.807) is 25.1 Å². The van der Waals surface area contributed by atoms with Crippen molar-refractivity contribution in [2.75, 3.05) is 0 Å². The summed E-state index contributed by atoms with van der Waals surface area (Å²) in [7, 11) is 0. The first kappa shape index (κ1) is 28.0. The van der Waals surface area contributed by atoms with E-state index < -0.39 is 0 Å². The van der Waals surface area contributed by atoms with Gasteiger partial charge >= 0.3 is 0 Å². The highest BCUT2D eigenvalue weighted by atomic mass is 35.5. The quantitative estimate of drug-likeness (QED) is 0.231. The van der Waals surface area contributed by atoms with E-state index in [1.807, 2.05) is 12.1 Å². The summed E-state index contributed by atoms with van der Waals surface area (Å²) in [6, 6.07) is 19.4. The zero-order valence-corrected chi connectivity index (χ0v) is 24.6. The Balaban J connectivity index is 1.32. The number of halogens is 1. The summed E-state index contributed by atoms with van der Waals surface area (Å²) in [4.78, 5) is 26.5. The number of aromatic hydroxyl groups is 1. The summed E-state index contributed by atoms with van der Waals surface area (Å²) < 4.78 is 5.02. The molecule has 2 aliphatic rings. The molecule has 42 heavy (non-hydrogen) atoms. The van der Waals surface area contributed by atoms with Crippen molar-refractivity contribution < 1.29 is 19.2 Å². The molecule has 216 valence electrons. The maximum atomic E-state index is 13.3. The van der Waals surface area contributed by atoms with Gasteiger partial charge in [-0.2, -0.15) is 0 Å². The highest BCUT2D eigenvalue weighted by molar-refractivity contribution is 6.32. The number of hydrogen-bond acceptors (Lipinski definition) is 5. The van der Waals surface area contributed by atoms with Crippen molar-refractivity contribution >= 4 is 23.4 Å². The second-order valence-electron chi connectivity index (χ2n) is 11.7. The van der Waals surface area contributed by atoms with Gasteiger partial charge in [-0.1, -0.05) is 79.1 Å². The van der Waals surface area contributed by atoms with Crippen LogP contribution >= 0.6 is 11.6 Å². The van der Waals surface area contributed by atoms with Crippen LogP contribution in [-0.4, -0.2) is 22.1 Å². The van der Waals surface area contributed by atoms with E-state index in [0.717, 1.165) is 30.4 Å². The molecule has 6 rings (SSSR count). The van der Waals surface area contributed by atoms with Crippen LogP contribution in [0.4, 0.5) is 0 Å². The Bertz CT molecular complexity index is 1660. The van der Waals surface area contributed by atoms with E-state index in [2.05, 4.69) is 60.0 Å². The molecule has 3 N–H and O–H groups in total. The van der Waals surface area contributed by atoms with Crippen LogP contribution in [0.25, 0.3) is 0 Å². The number of benzene rings is 3. The van der Waals surface area contributed by atoms with Gasteiger partial charge in [0, 0.05) is 0 Å². The topological polar surface area (TPSA) is 104 Å². The number of aryl methyl sites for hydroxylation is 1. The number of nitrogens with zero attached hydrogens (tertiary/aromatic N) is 1. The lowest BCUT2D eigenvalue weighted by atomic mass is 9.69. The molecule has 0 spiro atoms. The monoisotopic (exact) mass is 583 g/mol. The van der Waals surface area contributed by atoms with Gasteiger partial charge in [0.2, 0.25) is 0 Å². The van der Waals surface area contributed by atoms with Gasteiger partial charge in [0.25, 0.3) is 11.8 Å². The second-order valence-corrected chi connectivity index (χ2v) is 12.1. The minimum absolute atomic E-state index is 0.0968. The van der Waals surface area contributed by atoms with Crippen LogP contribution in [0.2, 0.25) is 5.02 Å². The number of hydrogen-bond donors (Lipinski definition) is 3. The molecule has 0 fully saturated rings. The number of phenols is 1. The summed E-state index contributed by atoms with van der Waals surface area (Å²) in [5, 5.41) is 20.8. The SMILES string of the molecule is Cc1nocc1C(=O)NC1c2ccccc2CC(c2ccc3c(c2)C(NC(=O)c2cccc(Cl)c2O)CCC3C)C1C. The van der Waals surface area contributed by atoms with Crippen LogP contribution in [-0.2, 0) is 6.42 Å². The van der Waals surface area contributed by atoms with Crippen LogP contribution in [0, 0.1) is 12.8 Å². The molecule has 5 unspecified atom stereocenters. The smallest absolute Gasteiger partial charge is 0.257 e. The number of amides is 2. The summed E-state index contributed by atoms with van der Waals surface area (Å²) >= 11 is 6.07. The molecule has 8 heteroatoms. The fraction of sp³-hybridized carbons (Fsp3) is 0.324. The molecule has 0 bridgehead atoms. The van der Waals surface area contributed by atoms with Gasteiger partial charge in [-0.25, -0.2) is 0 Å². The number of carbonyl (C=O) groups is 2. The molecule has 0 aliphatic heterocycles. The highest BCUT2D eigenvalue weighted by Gasteiger charge is 2.37. The molecular formula is C34H34ClN3O4. The van der Waals surface area contributed by atoms with Crippen molar-refractivity contribution in [2.24, 2.45) is 5.92 Å². The van der Waals surface area contributed by atoms with Gasteiger partial charge in [0.1, 0.15) is 17.6 Å². The van der Waals surface area contributed by atoms with Crippen LogP contribution in [0.3, 0.4) is 0 Å². The largest absolute Gasteiger partial charge is 0.506 e. The summed E-state index contributed by atoms with van der Waals surface area (Å²) in [5.41, 5.74) is 7.00. The second kappa shape index (κ2) is 11.3. The number of para-hydroxylation sites is 1. The molecular weight excluding hydrogens is 550 g/mol. The number of nitrogens with one attached hydrogen (secondary N) is 2. The van der Waals surface area contributed by atoms with Gasteiger partial charge in [-0.3, -0.25) is 9.59 Å². The maximum Gasteiger partial charge on any atom is 0.257 e. The number of fused-ring (bicyclic) bond motifs is 2.